The van der Waals surface area contributed by atoms with Crippen LogP contribution in [0.4, 0.5) is 0 Å². The molecule has 2 nitrogen and oxygen atoms in total. The summed E-state index contributed by atoms with van der Waals surface area (Å²) < 4.78 is 5.08. The van der Waals surface area contributed by atoms with Gasteiger partial charge in [0.25, 0.3) is 0 Å². The fourth-order valence-electron chi connectivity index (χ4n) is 2.94. The Morgan fingerprint density at radius 2 is 1.00 bits per heavy atom. The topological polar surface area (TPSA) is 26.3 Å². The molecule has 0 rings (SSSR count). The lowest BCUT2D eigenvalue weighted by molar-refractivity contribution is -0.139. The Bertz CT molecular complexity index is 302. The van der Waals surface area contributed by atoms with Gasteiger partial charge in [0.2, 0.25) is 0 Å². The summed E-state index contributed by atoms with van der Waals surface area (Å²) in [6.07, 6.45) is 21.7. The zero-order valence-corrected chi connectivity index (χ0v) is 17.8. The smallest absolute Gasteiger partial charge is 0.333 e. The van der Waals surface area contributed by atoms with E-state index < -0.39 is 0 Å². The van der Waals surface area contributed by atoms with E-state index in [2.05, 4.69) is 13.5 Å². The number of halogens is 1. The highest BCUT2D eigenvalue weighted by Crippen LogP contribution is 2.13. The van der Waals surface area contributed by atoms with Crippen molar-refractivity contribution in [3.05, 3.63) is 12.2 Å². The highest BCUT2D eigenvalue weighted by molar-refractivity contribution is 5.86. The van der Waals surface area contributed by atoms with Crippen molar-refractivity contribution in [2.75, 3.05) is 6.61 Å². The zero-order chi connectivity index (χ0) is 17.9. The molecule has 0 aromatic carbocycles. The molecule has 150 valence electrons. The van der Waals surface area contributed by atoms with Gasteiger partial charge in [-0.15, -0.1) is 12.4 Å². The van der Waals surface area contributed by atoms with Gasteiger partial charge < -0.3 is 4.74 Å². The second-order valence-corrected chi connectivity index (χ2v) is 7.22. The minimum absolute atomic E-state index is 0. The molecular weight excluding hydrogens is 332 g/mol. The standard InChI is InChI=1S/C22H42O2.ClH/c1-4-5-6-7-8-9-10-11-12-13-14-15-16-17-18-19-20-24-22(23)21(2)3;/h2,4-20H2,1,3H3;1H. The first kappa shape index (κ1) is 26.7. The molecular formula is C22H43ClO2. The molecule has 0 atom stereocenters. The molecule has 0 spiro atoms. The maximum absolute atomic E-state index is 11.2. The second-order valence-electron chi connectivity index (χ2n) is 7.22. The third kappa shape index (κ3) is 21.5. The van der Waals surface area contributed by atoms with E-state index >= 15 is 0 Å². The molecule has 0 amide bonds. The van der Waals surface area contributed by atoms with Crippen LogP contribution < -0.4 is 0 Å². The van der Waals surface area contributed by atoms with Gasteiger partial charge in [-0.3, -0.25) is 0 Å². The summed E-state index contributed by atoms with van der Waals surface area (Å²) in [5, 5.41) is 0. The van der Waals surface area contributed by atoms with E-state index in [1.54, 1.807) is 6.92 Å². The molecule has 0 N–H and O–H groups in total. The van der Waals surface area contributed by atoms with Crippen LogP contribution in [0.3, 0.4) is 0 Å². The van der Waals surface area contributed by atoms with E-state index in [0.29, 0.717) is 12.2 Å². The Hall–Kier alpha value is -0.500. The van der Waals surface area contributed by atoms with Crippen LogP contribution in [0.15, 0.2) is 12.2 Å². The van der Waals surface area contributed by atoms with Gasteiger partial charge in [0.05, 0.1) is 6.61 Å². The van der Waals surface area contributed by atoms with Crippen molar-refractivity contribution >= 4 is 18.4 Å². The summed E-state index contributed by atoms with van der Waals surface area (Å²) in [6, 6.07) is 0. The van der Waals surface area contributed by atoms with Crippen molar-refractivity contribution in [1.29, 1.82) is 0 Å². The summed E-state index contributed by atoms with van der Waals surface area (Å²) in [6.45, 7) is 8.09. The maximum Gasteiger partial charge on any atom is 0.333 e. The van der Waals surface area contributed by atoms with Crippen LogP contribution in [0.5, 0.6) is 0 Å². The third-order valence-corrected chi connectivity index (χ3v) is 4.58. The number of unbranched alkanes of at least 4 members (excludes halogenated alkanes) is 15. The molecule has 0 aromatic heterocycles. The minimum Gasteiger partial charge on any atom is -0.462 e. The Labute approximate surface area is 163 Å². The van der Waals surface area contributed by atoms with Crippen molar-refractivity contribution in [1.82, 2.24) is 0 Å². The number of esters is 1. The average molecular weight is 375 g/mol. The van der Waals surface area contributed by atoms with Crippen LogP contribution in [0.25, 0.3) is 0 Å². The zero-order valence-electron chi connectivity index (χ0n) is 17.0. The number of rotatable bonds is 18. The third-order valence-electron chi connectivity index (χ3n) is 4.58. The van der Waals surface area contributed by atoms with E-state index in [1.165, 1.54) is 96.3 Å². The van der Waals surface area contributed by atoms with Crippen LogP contribution >= 0.6 is 12.4 Å². The van der Waals surface area contributed by atoms with Crippen LogP contribution in [0.2, 0.25) is 0 Å². The van der Waals surface area contributed by atoms with Gasteiger partial charge in [-0.1, -0.05) is 110 Å². The number of carbonyl (C=O) groups is 1. The largest absolute Gasteiger partial charge is 0.462 e. The molecule has 0 aliphatic carbocycles. The Morgan fingerprint density at radius 3 is 1.32 bits per heavy atom. The van der Waals surface area contributed by atoms with Crippen LogP contribution in [-0.2, 0) is 9.53 Å². The van der Waals surface area contributed by atoms with E-state index in [0.717, 1.165) is 6.42 Å². The van der Waals surface area contributed by atoms with E-state index in [-0.39, 0.29) is 18.4 Å². The highest BCUT2D eigenvalue weighted by Gasteiger charge is 2.01. The van der Waals surface area contributed by atoms with E-state index in [4.69, 9.17) is 4.74 Å². The molecule has 0 bridgehead atoms. The first-order valence-corrected chi connectivity index (χ1v) is 10.5. The lowest BCUT2D eigenvalue weighted by atomic mass is 10.0. The second kappa shape index (κ2) is 21.5. The van der Waals surface area contributed by atoms with Gasteiger partial charge in [0.15, 0.2) is 0 Å². The molecule has 0 aliphatic rings. The molecule has 0 aliphatic heterocycles. The average Bonchev–Trinajstić information content (AvgIpc) is 2.57. The lowest BCUT2D eigenvalue weighted by Gasteiger charge is -2.05. The van der Waals surface area contributed by atoms with Gasteiger partial charge in [-0.05, 0) is 13.3 Å². The number of hydrogen-bond acceptors (Lipinski definition) is 2. The van der Waals surface area contributed by atoms with E-state index in [1.807, 2.05) is 0 Å². The van der Waals surface area contributed by atoms with Crippen LogP contribution in [0.1, 0.15) is 117 Å². The van der Waals surface area contributed by atoms with Crippen LogP contribution in [0, 0.1) is 0 Å². The van der Waals surface area contributed by atoms with Gasteiger partial charge in [-0.25, -0.2) is 4.79 Å². The molecule has 3 heteroatoms. The minimum atomic E-state index is -0.254. The summed E-state index contributed by atoms with van der Waals surface area (Å²) in [7, 11) is 0. The SMILES string of the molecule is C=C(C)C(=O)OCCCCCCCCCCCCCCCCCC.Cl. The van der Waals surface area contributed by atoms with Crippen molar-refractivity contribution in [2.45, 2.75) is 117 Å². The molecule has 0 radical (unpaired) electrons. The maximum atomic E-state index is 11.2. The Morgan fingerprint density at radius 1 is 0.680 bits per heavy atom. The molecule has 0 saturated carbocycles. The number of ether oxygens (including phenoxy) is 1. The quantitative estimate of drug-likeness (QED) is 0.139. The summed E-state index contributed by atoms with van der Waals surface area (Å²) in [4.78, 5) is 11.2. The predicted molar refractivity (Wildman–Crippen MR) is 113 cm³/mol. The van der Waals surface area contributed by atoms with E-state index in [9.17, 15) is 4.79 Å². The van der Waals surface area contributed by atoms with Gasteiger partial charge in [-0.2, -0.15) is 0 Å². The van der Waals surface area contributed by atoms with Crippen molar-refractivity contribution in [2.24, 2.45) is 0 Å². The fraction of sp³-hybridized carbons (Fsp3) is 0.864. The van der Waals surface area contributed by atoms with Crippen molar-refractivity contribution < 1.29 is 9.53 Å². The summed E-state index contributed by atoms with van der Waals surface area (Å²) >= 11 is 0. The van der Waals surface area contributed by atoms with Crippen molar-refractivity contribution in [3.63, 3.8) is 0 Å². The number of hydrogen-bond donors (Lipinski definition) is 0. The number of carbonyl (C=O) groups excluding carboxylic acids is 1. The Balaban J connectivity index is 0. The van der Waals surface area contributed by atoms with Crippen LogP contribution in [-0.4, -0.2) is 12.6 Å². The van der Waals surface area contributed by atoms with Crippen molar-refractivity contribution in [3.8, 4) is 0 Å². The fourth-order valence-corrected chi connectivity index (χ4v) is 2.94. The molecule has 0 aromatic rings. The highest BCUT2D eigenvalue weighted by atomic mass is 35.5. The molecule has 0 heterocycles. The summed E-state index contributed by atoms with van der Waals surface area (Å²) in [5.41, 5.74) is 0.492. The molecule has 0 unspecified atom stereocenters. The molecule has 25 heavy (non-hydrogen) atoms. The predicted octanol–water partition coefficient (Wildman–Crippen LogP) is 7.79. The molecule has 0 saturated heterocycles. The van der Waals surface area contributed by atoms with Gasteiger partial charge in [0.1, 0.15) is 0 Å². The monoisotopic (exact) mass is 374 g/mol. The summed E-state index contributed by atoms with van der Waals surface area (Å²) in [5.74, 6) is -0.254. The van der Waals surface area contributed by atoms with Gasteiger partial charge in [0, 0.05) is 5.57 Å². The van der Waals surface area contributed by atoms with Gasteiger partial charge >= 0.3 is 5.97 Å². The Kier molecular flexibility index (Phi) is 23.0. The first-order valence-electron chi connectivity index (χ1n) is 10.5. The normalized spacial score (nSPS) is 10.3. The molecule has 0 fully saturated rings. The lowest BCUT2D eigenvalue weighted by Crippen LogP contribution is -2.05. The first-order chi connectivity index (χ1) is 11.7.